The summed E-state index contributed by atoms with van der Waals surface area (Å²) in [4.78, 5) is 1.56. The summed E-state index contributed by atoms with van der Waals surface area (Å²) >= 11 is 1.91. The quantitative estimate of drug-likeness (QED) is 0.687. The molecular weight excluding hydrogens is 266 g/mol. The van der Waals surface area contributed by atoms with Crippen LogP contribution in [0.4, 0.5) is 0 Å². The van der Waals surface area contributed by atoms with Crippen molar-refractivity contribution in [3.8, 4) is 0 Å². The summed E-state index contributed by atoms with van der Waals surface area (Å²) in [5, 5.41) is 5.73. The summed E-state index contributed by atoms with van der Waals surface area (Å²) in [5.41, 5.74) is 0.600. The van der Waals surface area contributed by atoms with Crippen LogP contribution in [0.3, 0.4) is 0 Å². The van der Waals surface area contributed by atoms with E-state index in [1.807, 2.05) is 11.3 Å². The number of nitrogens with one attached hydrogen (secondary N) is 1. The number of hydrogen-bond donors (Lipinski definition) is 1. The van der Waals surface area contributed by atoms with E-state index in [1.54, 1.807) is 12.0 Å². The Balaban J connectivity index is 1.78. The molecule has 20 heavy (non-hydrogen) atoms. The van der Waals surface area contributed by atoms with Crippen molar-refractivity contribution < 1.29 is 4.74 Å². The Bertz CT molecular complexity index is 344. The SMILES string of the molecule is COCCNCCC1(CCc2cccs2)CCCCC1. The summed E-state index contributed by atoms with van der Waals surface area (Å²) < 4.78 is 5.09. The molecule has 0 unspecified atom stereocenters. The van der Waals surface area contributed by atoms with E-state index in [0.717, 1.165) is 19.7 Å². The first-order chi connectivity index (χ1) is 9.85. The van der Waals surface area contributed by atoms with Crippen molar-refractivity contribution >= 4 is 11.3 Å². The fourth-order valence-corrected chi connectivity index (χ4v) is 4.13. The van der Waals surface area contributed by atoms with Gasteiger partial charge in [-0.1, -0.05) is 25.3 Å². The lowest BCUT2D eigenvalue weighted by Crippen LogP contribution is -2.31. The molecule has 2 nitrogen and oxygen atoms in total. The molecule has 1 fully saturated rings. The molecule has 1 aromatic heterocycles. The highest BCUT2D eigenvalue weighted by Gasteiger charge is 2.31. The van der Waals surface area contributed by atoms with Crippen molar-refractivity contribution in [3.63, 3.8) is 0 Å². The number of methoxy groups -OCH3 is 1. The summed E-state index contributed by atoms with van der Waals surface area (Å²) in [6.45, 7) is 2.95. The molecule has 0 radical (unpaired) electrons. The topological polar surface area (TPSA) is 21.3 Å². The Labute approximate surface area is 127 Å². The average Bonchev–Trinajstić information content (AvgIpc) is 3.00. The largest absolute Gasteiger partial charge is 0.383 e. The van der Waals surface area contributed by atoms with Gasteiger partial charge in [0.2, 0.25) is 0 Å². The minimum Gasteiger partial charge on any atom is -0.383 e. The lowest BCUT2D eigenvalue weighted by atomic mass is 9.69. The Morgan fingerprint density at radius 1 is 1.20 bits per heavy atom. The lowest BCUT2D eigenvalue weighted by Gasteiger charge is -2.38. The maximum Gasteiger partial charge on any atom is 0.0587 e. The molecule has 1 aromatic rings. The van der Waals surface area contributed by atoms with Gasteiger partial charge >= 0.3 is 0 Å². The number of aryl methyl sites for hydroxylation is 1. The van der Waals surface area contributed by atoms with Crippen LogP contribution in [-0.4, -0.2) is 26.8 Å². The maximum atomic E-state index is 5.09. The van der Waals surface area contributed by atoms with Crippen molar-refractivity contribution in [1.82, 2.24) is 5.32 Å². The smallest absolute Gasteiger partial charge is 0.0587 e. The second-order valence-corrected chi connectivity index (χ2v) is 7.17. The molecule has 1 N–H and O–H groups in total. The summed E-state index contributed by atoms with van der Waals surface area (Å²) in [5.74, 6) is 0. The molecule has 0 bridgehead atoms. The Morgan fingerprint density at radius 2 is 2.05 bits per heavy atom. The molecule has 0 atom stereocenters. The Hall–Kier alpha value is -0.380. The van der Waals surface area contributed by atoms with Crippen LogP contribution < -0.4 is 5.32 Å². The fourth-order valence-electron chi connectivity index (χ4n) is 3.42. The van der Waals surface area contributed by atoms with E-state index in [1.165, 1.54) is 51.4 Å². The van der Waals surface area contributed by atoms with Gasteiger partial charge in [0.25, 0.3) is 0 Å². The highest BCUT2D eigenvalue weighted by atomic mass is 32.1. The molecule has 1 aliphatic carbocycles. The van der Waals surface area contributed by atoms with Gasteiger partial charge in [-0.3, -0.25) is 0 Å². The van der Waals surface area contributed by atoms with E-state index >= 15 is 0 Å². The van der Waals surface area contributed by atoms with Gasteiger partial charge in [0.05, 0.1) is 6.61 Å². The highest BCUT2D eigenvalue weighted by Crippen LogP contribution is 2.43. The molecule has 1 aliphatic rings. The first-order valence-corrected chi connectivity index (χ1v) is 8.95. The molecule has 0 aliphatic heterocycles. The molecular formula is C17H29NOS. The van der Waals surface area contributed by atoms with Crippen molar-refractivity contribution in [2.24, 2.45) is 5.41 Å². The second kappa shape index (κ2) is 8.81. The third-order valence-electron chi connectivity index (χ3n) is 4.71. The highest BCUT2D eigenvalue weighted by molar-refractivity contribution is 7.09. The Morgan fingerprint density at radius 3 is 2.75 bits per heavy atom. The van der Waals surface area contributed by atoms with Gasteiger partial charge in [0, 0.05) is 18.5 Å². The number of thiophene rings is 1. The number of ether oxygens (including phenoxy) is 1. The van der Waals surface area contributed by atoms with Gasteiger partial charge in [-0.2, -0.15) is 0 Å². The zero-order valence-corrected chi connectivity index (χ0v) is 13.6. The molecule has 0 aromatic carbocycles. The van der Waals surface area contributed by atoms with Gasteiger partial charge in [0.15, 0.2) is 0 Å². The van der Waals surface area contributed by atoms with Gasteiger partial charge in [-0.05, 0) is 55.5 Å². The van der Waals surface area contributed by atoms with E-state index in [2.05, 4.69) is 22.8 Å². The third-order valence-corrected chi connectivity index (χ3v) is 5.65. The molecule has 1 saturated carbocycles. The first-order valence-electron chi connectivity index (χ1n) is 8.07. The van der Waals surface area contributed by atoms with Crippen LogP contribution in [0.25, 0.3) is 0 Å². The van der Waals surface area contributed by atoms with Crippen LogP contribution >= 0.6 is 11.3 Å². The van der Waals surface area contributed by atoms with Crippen LogP contribution in [0.5, 0.6) is 0 Å². The summed E-state index contributed by atoms with van der Waals surface area (Å²) in [6, 6.07) is 4.47. The van der Waals surface area contributed by atoms with Crippen molar-refractivity contribution in [2.45, 2.75) is 51.4 Å². The van der Waals surface area contributed by atoms with Gasteiger partial charge < -0.3 is 10.1 Å². The van der Waals surface area contributed by atoms with E-state index in [9.17, 15) is 0 Å². The first kappa shape index (κ1) is 16.0. The normalized spacial score (nSPS) is 18.2. The van der Waals surface area contributed by atoms with Crippen LogP contribution in [0.2, 0.25) is 0 Å². The Kier molecular flexibility index (Phi) is 7.05. The minimum absolute atomic E-state index is 0.600. The number of hydrogen-bond acceptors (Lipinski definition) is 3. The average molecular weight is 295 g/mol. The van der Waals surface area contributed by atoms with Gasteiger partial charge in [0.1, 0.15) is 0 Å². The van der Waals surface area contributed by atoms with Crippen LogP contribution in [0.15, 0.2) is 17.5 Å². The molecule has 0 spiro atoms. The second-order valence-electron chi connectivity index (χ2n) is 6.13. The van der Waals surface area contributed by atoms with Crippen molar-refractivity contribution in [1.29, 1.82) is 0 Å². The van der Waals surface area contributed by atoms with E-state index in [4.69, 9.17) is 4.74 Å². The van der Waals surface area contributed by atoms with Crippen LogP contribution in [-0.2, 0) is 11.2 Å². The molecule has 3 heteroatoms. The molecule has 0 amide bonds. The maximum absolute atomic E-state index is 5.09. The van der Waals surface area contributed by atoms with Gasteiger partial charge in [-0.25, -0.2) is 0 Å². The summed E-state index contributed by atoms with van der Waals surface area (Å²) in [6.07, 6.45) is 11.2. The van der Waals surface area contributed by atoms with Crippen molar-refractivity contribution in [2.75, 3.05) is 26.8 Å². The van der Waals surface area contributed by atoms with E-state index < -0.39 is 0 Å². The summed E-state index contributed by atoms with van der Waals surface area (Å²) in [7, 11) is 1.77. The fraction of sp³-hybridized carbons (Fsp3) is 0.765. The zero-order valence-electron chi connectivity index (χ0n) is 12.8. The molecule has 114 valence electrons. The predicted octanol–water partition coefficient (Wildman–Crippen LogP) is 4.26. The number of rotatable bonds is 9. The molecule has 1 heterocycles. The van der Waals surface area contributed by atoms with Crippen LogP contribution in [0, 0.1) is 5.41 Å². The van der Waals surface area contributed by atoms with Crippen molar-refractivity contribution in [3.05, 3.63) is 22.4 Å². The zero-order chi connectivity index (χ0) is 14.1. The van der Waals surface area contributed by atoms with E-state index in [0.29, 0.717) is 5.41 Å². The van der Waals surface area contributed by atoms with Gasteiger partial charge in [-0.15, -0.1) is 11.3 Å². The molecule has 0 saturated heterocycles. The monoisotopic (exact) mass is 295 g/mol. The minimum atomic E-state index is 0.600. The van der Waals surface area contributed by atoms with Crippen LogP contribution in [0.1, 0.15) is 49.8 Å². The lowest BCUT2D eigenvalue weighted by molar-refractivity contribution is 0.153. The molecule has 2 rings (SSSR count). The third kappa shape index (κ3) is 5.19. The van der Waals surface area contributed by atoms with E-state index in [-0.39, 0.29) is 0 Å². The standard InChI is InChI=1S/C17H29NOS/c1-19-14-13-18-12-11-17(8-3-2-4-9-17)10-7-16-6-5-15-20-16/h5-6,15,18H,2-4,7-14H2,1H3. The predicted molar refractivity (Wildman–Crippen MR) is 87.5 cm³/mol.